The summed E-state index contributed by atoms with van der Waals surface area (Å²) in [6.07, 6.45) is -5.14. The first-order chi connectivity index (χ1) is 9.64. The number of hydrogen-bond acceptors (Lipinski definition) is 3. The first-order valence-corrected chi connectivity index (χ1v) is 5.48. The number of carbonyl (C=O) groups excluding carboxylic acids is 1. The van der Waals surface area contributed by atoms with Crippen molar-refractivity contribution in [2.24, 2.45) is 5.73 Å². The van der Waals surface area contributed by atoms with Gasteiger partial charge >= 0.3 is 6.18 Å². The second-order valence-corrected chi connectivity index (χ2v) is 4.20. The van der Waals surface area contributed by atoms with Crippen LogP contribution in [0.2, 0.25) is 5.02 Å². The van der Waals surface area contributed by atoms with Crippen molar-refractivity contribution in [3.05, 3.63) is 34.0 Å². The molecule has 0 saturated heterocycles. The Balaban J connectivity index is 2.75. The monoisotopic (exact) mass is 326 g/mol. The summed E-state index contributed by atoms with van der Waals surface area (Å²) in [7, 11) is 0. The fourth-order valence-corrected chi connectivity index (χ4v) is 1.88. The standard InChI is InChI=1S/C10H4ClF5N4O/c11-3-1-2(10(14,15)16)5(12)6(13)4(3)7-8(9(17)21)19-20-18-7/h1H,(H2,17,21)(H,18,19,20). The van der Waals surface area contributed by atoms with E-state index in [1.165, 1.54) is 0 Å². The van der Waals surface area contributed by atoms with Gasteiger partial charge in [-0.3, -0.25) is 4.79 Å². The number of aromatic amines is 1. The van der Waals surface area contributed by atoms with E-state index in [0.717, 1.165) is 0 Å². The van der Waals surface area contributed by atoms with Gasteiger partial charge in [-0.15, -0.1) is 0 Å². The Morgan fingerprint density at radius 1 is 1.24 bits per heavy atom. The fraction of sp³-hybridized carbons (Fsp3) is 0.100. The molecule has 0 bridgehead atoms. The average Bonchev–Trinajstić information content (AvgIpc) is 2.81. The molecule has 1 amide bonds. The minimum absolute atomic E-state index is 0.189. The van der Waals surface area contributed by atoms with Crippen molar-refractivity contribution < 1.29 is 26.7 Å². The molecule has 0 aliphatic rings. The minimum atomic E-state index is -5.14. The van der Waals surface area contributed by atoms with Gasteiger partial charge in [-0.2, -0.15) is 28.6 Å². The molecule has 0 aliphatic heterocycles. The summed E-state index contributed by atoms with van der Waals surface area (Å²) in [6, 6.07) is 0.189. The normalized spacial score (nSPS) is 11.7. The van der Waals surface area contributed by atoms with Crippen LogP contribution in [-0.2, 0) is 6.18 Å². The molecule has 1 heterocycles. The summed E-state index contributed by atoms with van der Waals surface area (Å²) < 4.78 is 65.0. The smallest absolute Gasteiger partial charge is 0.364 e. The molecule has 0 unspecified atom stereocenters. The number of nitrogens with zero attached hydrogens (tertiary/aromatic N) is 2. The lowest BCUT2D eigenvalue weighted by atomic mass is 10.0. The Morgan fingerprint density at radius 2 is 1.86 bits per heavy atom. The van der Waals surface area contributed by atoms with Gasteiger partial charge in [0.1, 0.15) is 5.69 Å². The van der Waals surface area contributed by atoms with Crippen molar-refractivity contribution in [2.45, 2.75) is 6.18 Å². The first kappa shape index (κ1) is 15.2. The number of primary amides is 1. The zero-order valence-electron chi connectivity index (χ0n) is 9.73. The van der Waals surface area contributed by atoms with E-state index >= 15 is 0 Å². The zero-order chi connectivity index (χ0) is 15.9. The van der Waals surface area contributed by atoms with Crippen molar-refractivity contribution in [1.82, 2.24) is 15.4 Å². The predicted octanol–water partition coefficient (Wildman–Crippen LogP) is 2.52. The summed E-state index contributed by atoms with van der Waals surface area (Å²) >= 11 is 5.54. The van der Waals surface area contributed by atoms with Crippen molar-refractivity contribution in [1.29, 1.82) is 0 Å². The summed E-state index contributed by atoms with van der Waals surface area (Å²) in [6.45, 7) is 0. The van der Waals surface area contributed by atoms with E-state index in [4.69, 9.17) is 17.3 Å². The minimum Gasteiger partial charge on any atom is -0.364 e. The molecule has 0 radical (unpaired) electrons. The van der Waals surface area contributed by atoms with Crippen molar-refractivity contribution in [3.63, 3.8) is 0 Å². The van der Waals surface area contributed by atoms with Crippen LogP contribution in [0.4, 0.5) is 22.0 Å². The third-order valence-corrected chi connectivity index (χ3v) is 2.78. The van der Waals surface area contributed by atoms with Gasteiger partial charge in [-0.25, -0.2) is 8.78 Å². The molecule has 0 spiro atoms. The first-order valence-electron chi connectivity index (χ1n) is 5.10. The second kappa shape index (κ2) is 4.95. The van der Waals surface area contributed by atoms with Gasteiger partial charge in [0.15, 0.2) is 17.3 Å². The number of aromatic nitrogens is 3. The largest absolute Gasteiger partial charge is 0.419 e. The molecule has 112 valence electrons. The van der Waals surface area contributed by atoms with Gasteiger partial charge < -0.3 is 5.73 Å². The van der Waals surface area contributed by atoms with Crippen LogP contribution >= 0.6 is 11.6 Å². The molecular formula is C10H4ClF5N4O. The molecule has 0 fully saturated rings. The fourth-order valence-electron chi connectivity index (χ4n) is 1.60. The van der Waals surface area contributed by atoms with Crippen LogP contribution in [0.5, 0.6) is 0 Å². The van der Waals surface area contributed by atoms with Crippen LogP contribution < -0.4 is 5.73 Å². The Morgan fingerprint density at radius 3 is 2.38 bits per heavy atom. The molecule has 1 aromatic heterocycles. The SMILES string of the molecule is NC(=O)c1n[nH]nc1-c1c(Cl)cc(C(F)(F)F)c(F)c1F. The number of halogens is 6. The van der Waals surface area contributed by atoms with E-state index in [0.29, 0.717) is 0 Å². The summed E-state index contributed by atoms with van der Waals surface area (Å²) in [5, 5.41) is 7.78. The highest BCUT2D eigenvalue weighted by Gasteiger charge is 2.38. The maximum absolute atomic E-state index is 13.9. The molecule has 11 heteroatoms. The zero-order valence-corrected chi connectivity index (χ0v) is 10.5. The van der Waals surface area contributed by atoms with Crippen molar-refractivity contribution >= 4 is 17.5 Å². The van der Waals surface area contributed by atoms with Gasteiger partial charge in [-0.05, 0) is 6.07 Å². The van der Waals surface area contributed by atoms with E-state index < -0.39 is 51.3 Å². The van der Waals surface area contributed by atoms with Gasteiger partial charge in [0.05, 0.1) is 16.1 Å². The quantitative estimate of drug-likeness (QED) is 0.657. The molecule has 2 aromatic rings. The van der Waals surface area contributed by atoms with Gasteiger partial charge in [0.2, 0.25) is 0 Å². The number of nitrogens with two attached hydrogens (primary N) is 1. The van der Waals surface area contributed by atoms with Crippen LogP contribution in [0.3, 0.4) is 0 Å². The Kier molecular flexibility index (Phi) is 3.58. The topological polar surface area (TPSA) is 84.7 Å². The Labute approximate surface area is 117 Å². The maximum atomic E-state index is 13.9. The van der Waals surface area contributed by atoms with Crippen LogP contribution in [0, 0.1) is 11.6 Å². The van der Waals surface area contributed by atoms with Crippen LogP contribution in [0.15, 0.2) is 6.07 Å². The second-order valence-electron chi connectivity index (χ2n) is 3.79. The number of benzene rings is 1. The predicted molar refractivity (Wildman–Crippen MR) is 60.3 cm³/mol. The Bertz CT molecular complexity index is 727. The molecule has 21 heavy (non-hydrogen) atoms. The molecule has 0 saturated carbocycles. The molecule has 0 atom stereocenters. The number of alkyl halides is 3. The van der Waals surface area contributed by atoms with E-state index in [1.54, 1.807) is 0 Å². The van der Waals surface area contributed by atoms with Crippen molar-refractivity contribution in [3.8, 4) is 11.3 Å². The van der Waals surface area contributed by atoms with Crippen LogP contribution in [-0.4, -0.2) is 21.3 Å². The number of amides is 1. The van der Waals surface area contributed by atoms with Crippen molar-refractivity contribution in [2.75, 3.05) is 0 Å². The van der Waals surface area contributed by atoms with Gasteiger partial charge in [-0.1, -0.05) is 11.6 Å². The molecule has 1 aromatic carbocycles. The highest BCUT2D eigenvalue weighted by atomic mass is 35.5. The lowest BCUT2D eigenvalue weighted by Gasteiger charge is -2.12. The summed E-state index contributed by atoms with van der Waals surface area (Å²) in [4.78, 5) is 11.1. The Hall–Kier alpha value is -2.23. The summed E-state index contributed by atoms with van der Waals surface area (Å²) in [5.74, 6) is -5.22. The third kappa shape index (κ3) is 2.53. The van der Waals surface area contributed by atoms with Crippen LogP contribution in [0.25, 0.3) is 11.3 Å². The van der Waals surface area contributed by atoms with E-state index in [2.05, 4.69) is 10.2 Å². The molecular weight excluding hydrogens is 323 g/mol. The highest BCUT2D eigenvalue weighted by Crippen LogP contribution is 2.39. The molecule has 3 N–H and O–H groups in total. The van der Waals surface area contributed by atoms with E-state index in [1.807, 2.05) is 5.21 Å². The number of carbonyl (C=O) groups is 1. The van der Waals surface area contributed by atoms with E-state index in [-0.39, 0.29) is 6.07 Å². The van der Waals surface area contributed by atoms with Gasteiger partial charge in [0.25, 0.3) is 5.91 Å². The summed E-state index contributed by atoms with van der Waals surface area (Å²) in [5.41, 5.74) is 1.04. The molecule has 2 rings (SSSR count). The number of H-pyrrole nitrogens is 1. The lowest BCUT2D eigenvalue weighted by Crippen LogP contribution is -2.14. The third-order valence-electron chi connectivity index (χ3n) is 2.48. The number of nitrogens with one attached hydrogen (secondary N) is 1. The van der Waals surface area contributed by atoms with Crippen LogP contribution in [0.1, 0.15) is 16.1 Å². The van der Waals surface area contributed by atoms with E-state index in [9.17, 15) is 26.7 Å². The van der Waals surface area contributed by atoms with Gasteiger partial charge in [0, 0.05) is 0 Å². The lowest BCUT2D eigenvalue weighted by molar-refractivity contribution is -0.140. The average molecular weight is 327 g/mol. The number of hydrogen-bond donors (Lipinski definition) is 2. The number of rotatable bonds is 2. The highest BCUT2D eigenvalue weighted by molar-refractivity contribution is 6.33. The maximum Gasteiger partial charge on any atom is 0.419 e. The molecule has 0 aliphatic carbocycles. The molecule has 5 nitrogen and oxygen atoms in total.